The van der Waals surface area contributed by atoms with E-state index >= 15 is 0 Å². The van der Waals surface area contributed by atoms with Crippen molar-refractivity contribution in [2.24, 2.45) is 0 Å². The minimum Gasteiger partial charge on any atom is -0.343 e. The number of nitrogens with zero attached hydrogens (tertiary/aromatic N) is 4. The van der Waals surface area contributed by atoms with Crippen LogP contribution in [0.15, 0.2) is 24.3 Å². The van der Waals surface area contributed by atoms with Crippen molar-refractivity contribution in [3.05, 3.63) is 47.3 Å². The molecule has 0 unspecified atom stereocenters. The highest BCUT2D eigenvalue weighted by atomic mass is 19.1. The van der Waals surface area contributed by atoms with Gasteiger partial charge in [0.25, 0.3) is 0 Å². The summed E-state index contributed by atoms with van der Waals surface area (Å²) >= 11 is 0. The SMILES string of the molecule is O=C(CCc1ccc(F)cc1)N1CCC(c2nnc3n2CCNC3)CC1. The molecule has 2 aliphatic rings. The summed E-state index contributed by atoms with van der Waals surface area (Å²) in [6, 6.07) is 6.39. The van der Waals surface area contributed by atoms with Gasteiger partial charge in [-0.3, -0.25) is 4.79 Å². The largest absolute Gasteiger partial charge is 0.343 e. The molecule has 0 saturated carbocycles. The first kappa shape index (κ1) is 17.1. The summed E-state index contributed by atoms with van der Waals surface area (Å²) in [4.78, 5) is 14.4. The number of aryl methyl sites for hydroxylation is 1. The Bertz CT molecular complexity index is 765. The fourth-order valence-corrected chi connectivity index (χ4v) is 3.86. The van der Waals surface area contributed by atoms with E-state index in [-0.39, 0.29) is 11.7 Å². The van der Waals surface area contributed by atoms with Gasteiger partial charge in [-0.25, -0.2) is 4.39 Å². The topological polar surface area (TPSA) is 63.1 Å². The number of carbonyl (C=O) groups is 1. The predicted molar refractivity (Wildman–Crippen MR) is 95.0 cm³/mol. The zero-order valence-electron chi connectivity index (χ0n) is 14.8. The van der Waals surface area contributed by atoms with Gasteiger partial charge in [0.2, 0.25) is 5.91 Å². The minimum absolute atomic E-state index is 0.181. The number of piperidine rings is 1. The van der Waals surface area contributed by atoms with E-state index < -0.39 is 0 Å². The molecule has 1 aromatic carbocycles. The van der Waals surface area contributed by atoms with Crippen LogP contribution in [0.5, 0.6) is 0 Å². The van der Waals surface area contributed by atoms with Crippen LogP contribution in [0.2, 0.25) is 0 Å². The van der Waals surface area contributed by atoms with Crippen LogP contribution < -0.4 is 5.32 Å². The molecule has 2 aliphatic heterocycles. The lowest BCUT2D eigenvalue weighted by Gasteiger charge is -2.32. The average molecular weight is 357 g/mol. The van der Waals surface area contributed by atoms with Crippen LogP contribution in [0.1, 0.15) is 42.4 Å². The lowest BCUT2D eigenvalue weighted by molar-refractivity contribution is -0.132. The molecular weight excluding hydrogens is 333 g/mol. The van der Waals surface area contributed by atoms with Gasteiger partial charge in [-0.2, -0.15) is 0 Å². The van der Waals surface area contributed by atoms with Crippen molar-refractivity contribution in [1.82, 2.24) is 25.0 Å². The lowest BCUT2D eigenvalue weighted by atomic mass is 9.95. The van der Waals surface area contributed by atoms with Gasteiger partial charge in [-0.15, -0.1) is 10.2 Å². The Morgan fingerprint density at radius 1 is 1.15 bits per heavy atom. The molecule has 2 aromatic rings. The second-order valence-electron chi connectivity index (χ2n) is 7.08. The Kier molecular flexibility index (Phi) is 4.97. The zero-order chi connectivity index (χ0) is 17.9. The molecule has 0 atom stereocenters. The standard InChI is InChI=1S/C19H24FN5O/c20-16-4-1-14(2-5-16)3-6-18(26)24-10-7-15(8-11-24)19-23-22-17-13-21-9-12-25(17)19/h1-2,4-5,15,21H,3,6-13H2. The molecule has 0 spiro atoms. The number of nitrogens with one attached hydrogen (secondary N) is 1. The van der Waals surface area contributed by atoms with Crippen molar-refractivity contribution in [2.45, 2.75) is 44.7 Å². The molecule has 1 N–H and O–H groups in total. The fourth-order valence-electron chi connectivity index (χ4n) is 3.86. The maximum atomic E-state index is 12.9. The maximum absolute atomic E-state index is 12.9. The number of rotatable bonds is 4. The number of hydrogen-bond donors (Lipinski definition) is 1. The molecule has 26 heavy (non-hydrogen) atoms. The molecular formula is C19H24FN5O. The van der Waals surface area contributed by atoms with Gasteiger partial charge in [0.15, 0.2) is 0 Å². The molecule has 138 valence electrons. The van der Waals surface area contributed by atoms with Crippen molar-refractivity contribution in [2.75, 3.05) is 19.6 Å². The van der Waals surface area contributed by atoms with Gasteiger partial charge in [-0.1, -0.05) is 12.1 Å². The Balaban J connectivity index is 1.30. The summed E-state index contributed by atoms with van der Waals surface area (Å²) in [5.41, 5.74) is 0.998. The number of halogens is 1. The molecule has 0 aliphatic carbocycles. The normalized spacial score (nSPS) is 18.0. The molecule has 3 heterocycles. The Morgan fingerprint density at radius 3 is 2.69 bits per heavy atom. The van der Waals surface area contributed by atoms with E-state index in [1.807, 2.05) is 4.90 Å². The van der Waals surface area contributed by atoms with Crippen molar-refractivity contribution < 1.29 is 9.18 Å². The van der Waals surface area contributed by atoms with E-state index in [0.717, 1.165) is 62.8 Å². The van der Waals surface area contributed by atoms with Crippen molar-refractivity contribution in [1.29, 1.82) is 0 Å². The first-order valence-electron chi connectivity index (χ1n) is 9.35. The van der Waals surface area contributed by atoms with Gasteiger partial charge >= 0.3 is 0 Å². The third kappa shape index (κ3) is 3.62. The Morgan fingerprint density at radius 2 is 1.92 bits per heavy atom. The minimum atomic E-state index is -0.242. The molecule has 1 aromatic heterocycles. The Labute approximate surface area is 152 Å². The molecule has 0 radical (unpaired) electrons. The van der Waals surface area contributed by atoms with Crippen LogP contribution in [0.25, 0.3) is 0 Å². The van der Waals surface area contributed by atoms with E-state index in [2.05, 4.69) is 20.1 Å². The first-order chi connectivity index (χ1) is 12.7. The van der Waals surface area contributed by atoms with Crippen LogP contribution in [0.4, 0.5) is 4.39 Å². The van der Waals surface area contributed by atoms with Crippen LogP contribution in [0, 0.1) is 5.82 Å². The smallest absolute Gasteiger partial charge is 0.222 e. The van der Waals surface area contributed by atoms with Gasteiger partial charge in [-0.05, 0) is 37.0 Å². The van der Waals surface area contributed by atoms with Crippen molar-refractivity contribution in [3.8, 4) is 0 Å². The maximum Gasteiger partial charge on any atom is 0.222 e. The summed E-state index contributed by atoms with van der Waals surface area (Å²) in [6.45, 7) is 4.21. The molecule has 1 amide bonds. The first-order valence-corrected chi connectivity index (χ1v) is 9.35. The third-order valence-electron chi connectivity index (χ3n) is 5.40. The van der Waals surface area contributed by atoms with Gasteiger partial charge in [0, 0.05) is 38.5 Å². The molecule has 0 bridgehead atoms. The summed E-state index contributed by atoms with van der Waals surface area (Å²) in [7, 11) is 0. The number of aromatic nitrogens is 3. The van der Waals surface area contributed by atoms with Crippen LogP contribution in [0.3, 0.4) is 0 Å². The number of amides is 1. The van der Waals surface area contributed by atoms with Gasteiger partial charge in [0.05, 0.1) is 6.54 Å². The summed E-state index contributed by atoms with van der Waals surface area (Å²) in [6.07, 6.45) is 3.01. The van der Waals surface area contributed by atoms with E-state index in [9.17, 15) is 9.18 Å². The van der Waals surface area contributed by atoms with Crippen molar-refractivity contribution >= 4 is 5.91 Å². The number of carbonyl (C=O) groups excluding carboxylic acids is 1. The molecule has 1 saturated heterocycles. The van der Waals surface area contributed by atoms with Gasteiger partial charge < -0.3 is 14.8 Å². The lowest BCUT2D eigenvalue weighted by Crippen LogP contribution is -2.39. The third-order valence-corrected chi connectivity index (χ3v) is 5.40. The van der Waals surface area contributed by atoms with E-state index in [1.54, 1.807) is 12.1 Å². The monoisotopic (exact) mass is 357 g/mol. The summed E-state index contributed by atoms with van der Waals surface area (Å²) in [5, 5.41) is 12.0. The fraction of sp³-hybridized carbons (Fsp3) is 0.526. The quantitative estimate of drug-likeness (QED) is 0.907. The second-order valence-corrected chi connectivity index (χ2v) is 7.08. The van der Waals surface area contributed by atoms with Crippen LogP contribution >= 0.6 is 0 Å². The molecule has 6 nitrogen and oxygen atoms in total. The van der Waals surface area contributed by atoms with E-state index in [0.29, 0.717) is 18.8 Å². The van der Waals surface area contributed by atoms with E-state index in [1.165, 1.54) is 12.1 Å². The molecule has 1 fully saturated rings. The number of hydrogen-bond acceptors (Lipinski definition) is 4. The van der Waals surface area contributed by atoms with E-state index in [4.69, 9.17) is 0 Å². The van der Waals surface area contributed by atoms with Crippen LogP contribution in [-0.4, -0.2) is 45.2 Å². The molecule has 4 rings (SSSR count). The summed E-state index contributed by atoms with van der Waals surface area (Å²) in [5.74, 6) is 2.42. The molecule has 7 heteroatoms. The highest BCUT2D eigenvalue weighted by Crippen LogP contribution is 2.28. The van der Waals surface area contributed by atoms with Crippen molar-refractivity contribution in [3.63, 3.8) is 0 Å². The number of fused-ring (bicyclic) bond motifs is 1. The Hall–Kier alpha value is -2.28. The summed E-state index contributed by atoms with van der Waals surface area (Å²) < 4.78 is 15.2. The number of benzene rings is 1. The highest BCUT2D eigenvalue weighted by Gasteiger charge is 2.28. The zero-order valence-corrected chi connectivity index (χ0v) is 14.8. The second kappa shape index (κ2) is 7.53. The predicted octanol–water partition coefficient (Wildman–Crippen LogP) is 1.86. The van der Waals surface area contributed by atoms with Crippen LogP contribution in [-0.2, 0) is 24.3 Å². The number of likely N-dealkylation sites (tertiary alicyclic amines) is 1. The average Bonchev–Trinajstić information content (AvgIpc) is 3.11. The highest BCUT2D eigenvalue weighted by molar-refractivity contribution is 5.76. The van der Waals surface area contributed by atoms with Gasteiger partial charge in [0.1, 0.15) is 17.5 Å².